The molecule has 0 saturated carbocycles. The number of aryl methyl sites for hydroxylation is 1. The number of nitrogens with zero attached hydrogens (tertiary/aromatic N) is 1. The summed E-state index contributed by atoms with van der Waals surface area (Å²) in [5.41, 5.74) is 4.22. The number of thioether (sulfide) groups is 1. The molecule has 1 fully saturated rings. The summed E-state index contributed by atoms with van der Waals surface area (Å²) in [4.78, 5) is 2.54. The van der Waals surface area contributed by atoms with Crippen LogP contribution < -0.4 is 10.2 Å². The number of hydrogen-bond donors (Lipinski definition) is 1. The number of nitrogens with one attached hydrogen (secondary N) is 1. The van der Waals surface area contributed by atoms with E-state index in [0.29, 0.717) is 0 Å². The molecule has 0 aliphatic carbocycles. The molecule has 1 aliphatic rings. The molecule has 20 heavy (non-hydrogen) atoms. The minimum Gasteiger partial charge on any atom is -0.369 e. The molecule has 2 unspecified atom stereocenters. The molecule has 3 heteroatoms. The Morgan fingerprint density at radius 3 is 2.55 bits per heavy atom. The van der Waals surface area contributed by atoms with Crippen LogP contribution in [0.4, 0.5) is 5.69 Å². The standard InChI is InChI=1S/C17H28N2S/c1-5-8-18-10-16-6-7-17(9-13(16)2)19-11-14(3)20-15(4)12-19/h6-7,9,14-15,18H,5,8,10-12H2,1-4H3. The van der Waals surface area contributed by atoms with Crippen molar-refractivity contribution in [2.45, 2.75) is 51.2 Å². The first-order chi connectivity index (χ1) is 9.60. The second-order valence-corrected chi connectivity index (χ2v) is 7.83. The molecule has 1 aliphatic heterocycles. The van der Waals surface area contributed by atoms with Crippen molar-refractivity contribution in [2.24, 2.45) is 0 Å². The van der Waals surface area contributed by atoms with Crippen molar-refractivity contribution in [3.63, 3.8) is 0 Å². The van der Waals surface area contributed by atoms with Gasteiger partial charge in [-0.2, -0.15) is 11.8 Å². The Morgan fingerprint density at radius 1 is 1.25 bits per heavy atom. The van der Waals surface area contributed by atoms with E-state index < -0.39 is 0 Å². The lowest BCUT2D eigenvalue weighted by molar-refractivity contribution is 0.673. The average molecular weight is 292 g/mol. The Labute approximate surface area is 128 Å². The van der Waals surface area contributed by atoms with Crippen LogP contribution in [0.15, 0.2) is 18.2 Å². The van der Waals surface area contributed by atoms with E-state index in [1.165, 1.54) is 36.3 Å². The molecule has 1 aromatic carbocycles. The third-order valence-corrected chi connectivity index (χ3v) is 5.08. The Bertz CT molecular complexity index is 423. The average Bonchev–Trinajstić information content (AvgIpc) is 2.39. The first kappa shape index (κ1) is 15.7. The van der Waals surface area contributed by atoms with Crippen molar-refractivity contribution in [1.29, 1.82) is 0 Å². The van der Waals surface area contributed by atoms with Crippen molar-refractivity contribution in [3.8, 4) is 0 Å². The quantitative estimate of drug-likeness (QED) is 0.831. The Hall–Kier alpha value is -0.670. The van der Waals surface area contributed by atoms with Crippen LogP contribution >= 0.6 is 11.8 Å². The molecule has 112 valence electrons. The van der Waals surface area contributed by atoms with Crippen LogP contribution in [0.5, 0.6) is 0 Å². The largest absolute Gasteiger partial charge is 0.369 e. The smallest absolute Gasteiger partial charge is 0.0369 e. The summed E-state index contributed by atoms with van der Waals surface area (Å²) in [6, 6.07) is 6.95. The van der Waals surface area contributed by atoms with Gasteiger partial charge in [0.15, 0.2) is 0 Å². The summed E-state index contributed by atoms with van der Waals surface area (Å²) in [6.07, 6.45) is 1.19. The molecule has 1 saturated heterocycles. The molecular weight excluding hydrogens is 264 g/mol. The number of hydrogen-bond acceptors (Lipinski definition) is 3. The molecule has 1 N–H and O–H groups in total. The van der Waals surface area contributed by atoms with E-state index in [1.807, 2.05) is 0 Å². The van der Waals surface area contributed by atoms with E-state index in [9.17, 15) is 0 Å². The molecule has 0 bridgehead atoms. The second kappa shape index (κ2) is 7.37. The Morgan fingerprint density at radius 2 is 1.95 bits per heavy atom. The van der Waals surface area contributed by atoms with Gasteiger partial charge in [-0.1, -0.05) is 26.8 Å². The molecule has 2 nitrogen and oxygen atoms in total. The van der Waals surface area contributed by atoms with Crippen molar-refractivity contribution >= 4 is 17.4 Å². The number of anilines is 1. The van der Waals surface area contributed by atoms with Crippen LogP contribution in [0.2, 0.25) is 0 Å². The van der Waals surface area contributed by atoms with Gasteiger partial charge in [-0.25, -0.2) is 0 Å². The highest BCUT2D eigenvalue weighted by atomic mass is 32.2. The normalized spacial score (nSPS) is 23.1. The summed E-state index contributed by atoms with van der Waals surface area (Å²) >= 11 is 2.11. The van der Waals surface area contributed by atoms with Crippen molar-refractivity contribution in [1.82, 2.24) is 5.32 Å². The number of rotatable bonds is 5. The van der Waals surface area contributed by atoms with Gasteiger partial charge in [0.2, 0.25) is 0 Å². The monoisotopic (exact) mass is 292 g/mol. The highest BCUT2D eigenvalue weighted by molar-refractivity contribution is 8.00. The molecule has 0 amide bonds. The Kier molecular flexibility index (Phi) is 5.79. The maximum atomic E-state index is 3.49. The van der Waals surface area contributed by atoms with E-state index in [2.05, 4.69) is 67.9 Å². The lowest BCUT2D eigenvalue weighted by Crippen LogP contribution is -2.40. The van der Waals surface area contributed by atoms with Gasteiger partial charge < -0.3 is 10.2 Å². The molecule has 2 rings (SSSR count). The maximum Gasteiger partial charge on any atom is 0.0369 e. The Balaban J connectivity index is 2.04. The van der Waals surface area contributed by atoms with Crippen molar-refractivity contribution < 1.29 is 0 Å². The summed E-state index contributed by atoms with van der Waals surface area (Å²) in [5.74, 6) is 0. The molecule has 0 aromatic heterocycles. The maximum absolute atomic E-state index is 3.49. The zero-order valence-corrected chi connectivity index (χ0v) is 14.1. The van der Waals surface area contributed by atoms with Gasteiger partial charge in [-0.3, -0.25) is 0 Å². The van der Waals surface area contributed by atoms with E-state index in [0.717, 1.165) is 23.6 Å². The molecule has 0 spiro atoms. The van der Waals surface area contributed by atoms with Gasteiger partial charge in [0.1, 0.15) is 0 Å². The van der Waals surface area contributed by atoms with Gasteiger partial charge >= 0.3 is 0 Å². The highest BCUT2D eigenvalue weighted by Gasteiger charge is 2.22. The van der Waals surface area contributed by atoms with Gasteiger partial charge in [0.05, 0.1) is 0 Å². The fourth-order valence-corrected chi connectivity index (χ4v) is 4.19. The fourth-order valence-electron chi connectivity index (χ4n) is 2.86. The van der Waals surface area contributed by atoms with Crippen LogP contribution in [-0.4, -0.2) is 30.1 Å². The van der Waals surface area contributed by atoms with Crippen molar-refractivity contribution in [3.05, 3.63) is 29.3 Å². The summed E-state index contributed by atoms with van der Waals surface area (Å²) in [6.45, 7) is 13.5. The van der Waals surface area contributed by atoms with E-state index >= 15 is 0 Å². The van der Waals surface area contributed by atoms with Gasteiger partial charge in [0.25, 0.3) is 0 Å². The SMILES string of the molecule is CCCNCc1ccc(N2CC(C)SC(C)C2)cc1C. The molecule has 0 radical (unpaired) electrons. The highest BCUT2D eigenvalue weighted by Crippen LogP contribution is 2.29. The van der Waals surface area contributed by atoms with Gasteiger partial charge in [-0.15, -0.1) is 0 Å². The third kappa shape index (κ3) is 4.16. The van der Waals surface area contributed by atoms with E-state index in [1.54, 1.807) is 0 Å². The molecule has 1 heterocycles. The van der Waals surface area contributed by atoms with Gasteiger partial charge in [0, 0.05) is 35.8 Å². The van der Waals surface area contributed by atoms with Crippen LogP contribution in [0, 0.1) is 6.92 Å². The summed E-state index contributed by atoms with van der Waals surface area (Å²) in [7, 11) is 0. The number of benzene rings is 1. The minimum atomic E-state index is 0.727. The minimum absolute atomic E-state index is 0.727. The zero-order valence-electron chi connectivity index (χ0n) is 13.3. The zero-order chi connectivity index (χ0) is 14.5. The van der Waals surface area contributed by atoms with Gasteiger partial charge in [-0.05, 0) is 43.1 Å². The lowest BCUT2D eigenvalue weighted by atomic mass is 10.1. The summed E-state index contributed by atoms with van der Waals surface area (Å²) < 4.78 is 0. The van der Waals surface area contributed by atoms with Crippen LogP contribution in [0.1, 0.15) is 38.3 Å². The van der Waals surface area contributed by atoms with Crippen LogP contribution in [0.3, 0.4) is 0 Å². The van der Waals surface area contributed by atoms with E-state index in [-0.39, 0.29) is 0 Å². The lowest BCUT2D eigenvalue weighted by Gasteiger charge is -2.36. The third-order valence-electron chi connectivity index (χ3n) is 3.85. The predicted molar refractivity (Wildman–Crippen MR) is 91.9 cm³/mol. The molecule has 2 atom stereocenters. The fraction of sp³-hybridized carbons (Fsp3) is 0.647. The topological polar surface area (TPSA) is 15.3 Å². The van der Waals surface area contributed by atoms with E-state index in [4.69, 9.17) is 0 Å². The predicted octanol–water partition coefficient (Wildman–Crippen LogP) is 3.82. The first-order valence-corrected chi connectivity index (χ1v) is 8.75. The molecular formula is C17H28N2S. The first-order valence-electron chi connectivity index (χ1n) is 7.80. The van der Waals surface area contributed by atoms with Crippen molar-refractivity contribution in [2.75, 3.05) is 24.5 Å². The summed E-state index contributed by atoms with van der Waals surface area (Å²) in [5, 5.41) is 4.94. The van der Waals surface area contributed by atoms with Crippen LogP contribution in [-0.2, 0) is 6.54 Å². The molecule has 1 aromatic rings. The second-order valence-electron chi connectivity index (χ2n) is 5.95. The van der Waals surface area contributed by atoms with Crippen LogP contribution in [0.25, 0.3) is 0 Å².